The SMILES string of the molecule is Cc1nc(NC(=O)/C=C/c2cccs2)sc1C. The maximum absolute atomic E-state index is 11.6. The first-order valence-corrected chi connectivity index (χ1v) is 6.81. The maximum atomic E-state index is 11.6. The van der Waals surface area contributed by atoms with Gasteiger partial charge in [-0.1, -0.05) is 6.07 Å². The van der Waals surface area contributed by atoms with Gasteiger partial charge in [-0.3, -0.25) is 10.1 Å². The van der Waals surface area contributed by atoms with Crippen molar-refractivity contribution in [2.45, 2.75) is 13.8 Å². The lowest BCUT2D eigenvalue weighted by Crippen LogP contribution is -2.07. The molecule has 0 saturated carbocycles. The fourth-order valence-electron chi connectivity index (χ4n) is 1.22. The summed E-state index contributed by atoms with van der Waals surface area (Å²) in [5.41, 5.74) is 0.965. The van der Waals surface area contributed by atoms with Crippen molar-refractivity contribution in [3.63, 3.8) is 0 Å². The summed E-state index contributed by atoms with van der Waals surface area (Å²) in [6, 6.07) is 3.92. The zero-order valence-corrected chi connectivity index (χ0v) is 11.2. The van der Waals surface area contributed by atoms with Gasteiger partial charge in [-0.25, -0.2) is 4.98 Å². The molecule has 0 aliphatic carbocycles. The van der Waals surface area contributed by atoms with Crippen molar-refractivity contribution in [3.05, 3.63) is 39.0 Å². The second kappa shape index (κ2) is 5.25. The molecular weight excluding hydrogens is 252 g/mol. The topological polar surface area (TPSA) is 42.0 Å². The largest absolute Gasteiger partial charge is 0.298 e. The normalized spacial score (nSPS) is 10.9. The van der Waals surface area contributed by atoms with Gasteiger partial charge in [0.25, 0.3) is 0 Å². The molecule has 0 aliphatic rings. The quantitative estimate of drug-likeness (QED) is 0.862. The number of nitrogens with one attached hydrogen (secondary N) is 1. The third-order valence-corrected chi connectivity index (χ3v) is 4.03. The van der Waals surface area contributed by atoms with Crippen molar-refractivity contribution < 1.29 is 4.79 Å². The zero-order valence-electron chi connectivity index (χ0n) is 9.56. The fourth-order valence-corrected chi connectivity index (χ4v) is 2.65. The van der Waals surface area contributed by atoms with Gasteiger partial charge in [-0.15, -0.1) is 22.7 Å². The molecule has 0 bridgehead atoms. The molecule has 0 aliphatic heterocycles. The number of carbonyl (C=O) groups is 1. The van der Waals surface area contributed by atoms with E-state index in [1.807, 2.05) is 31.4 Å². The lowest BCUT2D eigenvalue weighted by molar-refractivity contribution is -0.111. The van der Waals surface area contributed by atoms with Crippen LogP contribution in [0.5, 0.6) is 0 Å². The molecule has 0 spiro atoms. The molecule has 2 rings (SSSR count). The predicted molar refractivity (Wildman–Crippen MR) is 73.6 cm³/mol. The molecule has 1 N–H and O–H groups in total. The van der Waals surface area contributed by atoms with E-state index in [0.29, 0.717) is 5.13 Å². The minimum absolute atomic E-state index is 0.146. The van der Waals surface area contributed by atoms with Crippen LogP contribution in [0.25, 0.3) is 6.08 Å². The number of aryl methyl sites for hydroxylation is 2. The second-order valence-corrected chi connectivity index (χ2v) is 5.68. The van der Waals surface area contributed by atoms with Crippen molar-refractivity contribution >= 4 is 39.8 Å². The highest BCUT2D eigenvalue weighted by molar-refractivity contribution is 7.15. The molecule has 2 heterocycles. The second-order valence-electron chi connectivity index (χ2n) is 3.50. The van der Waals surface area contributed by atoms with Gasteiger partial charge in [0.2, 0.25) is 5.91 Å². The van der Waals surface area contributed by atoms with Crippen LogP contribution in [-0.4, -0.2) is 10.9 Å². The molecule has 0 unspecified atom stereocenters. The number of thiazole rings is 1. The van der Waals surface area contributed by atoms with Crippen LogP contribution >= 0.6 is 22.7 Å². The van der Waals surface area contributed by atoms with Crippen LogP contribution < -0.4 is 5.32 Å². The van der Waals surface area contributed by atoms with Gasteiger partial charge in [0.1, 0.15) is 0 Å². The Bertz CT molecular complexity index is 521. The number of anilines is 1. The van der Waals surface area contributed by atoms with Crippen LogP contribution in [0.4, 0.5) is 5.13 Å². The van der Waals surface area contributed by atoms with E-state index in [9.17, 15) is 4.79 Å². The molecule has 0 atom stereocenters. The number of amides is 1. The van der Waals surface area contributed by atoms with E-state index in [4.69, 9.17) is 0 Å². The average Bonchev–Trinajstić information content (AvgIpc) is 2.87. The van der Waals surface area contributed by atoms with Gasteiger partial charge < -0.3 is 0 Å². The molecule has 1 amide bonds. The lowest BCUT2D eigenvalue weighted by atomic mass is 10.4. The highest BCUT2D eigenvalue weighted by Crippen LogP contribution is 2.21. The molecule has 2 aromatic rings. The first kappa shape index (κ1) is 12.0. The third-order valence-electron chi connectivity index (χ3n) is 2.20. The molecular formula is C12H12N2OS2. The standard InChI is InChI=1S/C12H12N2OS2/c1-8-9(2)17-12(13-8)14-11(15)6-5-10-4-3-7-16-10/h3-7H,1-2H3,(H,13,14,15)/b6-5+. The third kappa shape index (κ3) is 3.25. The van der Waals surface area contributed by atoms with E-state index in [1.165, 1.54) is 17.4 Å². The Kier molecular flexibility index (Phi) is 3.71. The molecule has 0 saturated heterocycles. The molecule has 3 nitrogen and oxygen atoms in total. The van der Waals surface area contributed by atoms with Gasteiger partial charge >= 0.3 is 0 Å². The summed E-state index contributed by atoms with van der Waals surface area (Å²) >= 11 is 3.09. The minimum atomic E-state index is -0.146. The summed E-state index contributed by atoms with van der Waals surface area (Å²) in [6.45, 7) is 3.92. The Labute approximate surface area is 108 Å². The lowest BCUT2D eigenvalue weighted by Gasteiger charge is -1.94. The fraction of sp³-hybridized carbons (Fsp3) is 0.167. The van der Waals surface area contributed by atoms with E-state index in [1.54, 1.807) is 17.4 Å². The van der Waals surface area contributed by atoms with Crippen LogP contribution in [0.1, 0.15) is 15.4 Å². The van der Waals surface area contributed by atoms with Crippen molar-refractivity contribution in [1.29, 1.82) is 0 Å². The summed E-state index contributed by atoms with van der Waals surface area (Å²) < 4.78 is 0. The van der Waals surface area contributed by atoms with Crippen LogP contribution in [0.2, 0.25) is 0 Å². The predicted octanol–water partition coefficient (Wildman–Crippen LogP) is 3.47. The number of nitrogens with zero attached hydrogens (tertiary/aromatic N) is 1. The molecule has 5 heteroatoms. The van der Waals surface area contributed by atoms with Gasteiger partial charge in [-0.05, 0) is 31.4 Å². The first-order valence-electron chi connectivity index (χ1n) is 5.12. The molecule has 0 aromatic carbocycles. The van der Waals surface area contributed by atoms with Gasteiger partial charge in [-0.2, -0.15) is 0 Å². The Hall–Kier alpha value is -1.46. The van der Waals surface area contributed by atoms with E-state index < -0.39 is 0 Å². The number of thiophene rings is 1. The Morgan fingerprint density at radius 2 is 2.29 bits per heavy atom. The number of carbonyl (C=O) groups excluding carboxylic acids is 1. The van der Waals surface area contributed by atoms with Gasteiger partial charge in [0, 0.05) is 15.8 Å². The van der Waals surface area contributed by atoms with Crippen LogP contribution in [0.3, 0.4) is 0 Å². The number of hydrogen-bond acceptors (Lipinski definition) is 4. The first-order chi connectivity index (χ1) is 8.15. The zero-order chi connectivity index (χ0) is 12.3. The number of aromatic nitrogens is 1. The van der Waals surface area contributed by atoms with E-state index in [-0.39, 0.29) is 5.91 Å². The Balaban J connectivity index is 1.98. The molecule has 0 radical (unpaired) electrons. The molecule has 0 fully saturated rings. The van der Waals surface area contributed by atoms with E-state index >= 15 is 0 Å². The number of hydrogen-bond donors (Lipinski definition) is 1. The molecule has 88 valence electrons. The molecule has 17 heavy (non-hydrogen) atoms. The summed E-state index contributed by atoms with van der Waals surface area (Å²) in [5.74, 6) is -0.146. The van der Waals surface area contributed by atoms with Gasteiger partial charge in [0.15, 0.2) is 5.13 Å². The smallest absolute Gasteiger partial charge is 0.250 e. The van der Waals surface area contributed by atoms with Crippen LogP contribution in [0, 0.1) is 13.8 Å². The summed E-state index contributed by atoms with van der Waals surface area (Å²) in [5, 5.41) is 5.38. The molecule has 2 aromatic heterocycles. The van der Waals surface area contributed by atoms with Crippen molar-refractivity contribution in [2.24, 2.45) is 0 Å². The Morgan fingerprint density at radius 1 is 1.47 bits per heavy atom. The average molecular weight is 264 g/mol. The van der Waals surface area contributed by atoms with E-state index in [2.05, 4.69) is 10.3 Å². The van der Waals surface area contributed by atoms with Crippen molar-refractivity contribution in [3.8, 4) is 0 Å². The highest BCUT2D eigenvalue weighted by Gasteiger charge is 2.05. The van der Waals surface area contributed by atoms with Crippen molar-refractivity contribution in [2.75, 3.05) is 5.32 Å². The van der Waals surface area contributed by atoms with Gasteiger partial charge in [0.05, 0.1) is 5.69 Å². The summed E-state index contributed by atoms with van der Waals surface area (Å²) in [6.07, 6.45) is 3.32. The summed E-state index contributed by atoms with van der Waals surface area (Å²) in [7, 11) is 0. The maximum Gasteiger partial charge on any atom is 0.250 e. The highest BCUT2D eigenvalue weighted by atomic mass is 32.1. The van der Waals surface area contributed by atoms with Crippen molar-refractivity contribution in [1.82, 2.24) is 4.98 Å². The van der Waals surface area contributed by atoms with E-state index in [0.717, 1.165) is 15.4 Å². The van der Waals surface area contributed by atoms with Crippen LogP contribution in [-0.2, 0) is 4.79 Å². The summed E-state index contributed by atoms with van der Waals surface area (Å²) in [4.78, 5) is 18.0. The number of rotatable bonds is 3. The monoisotopic (exact) mass is 264 g/mol. The minimum Gasteiger partial charge on any atom is -0.298 e. The Morgan fingerprint density at radius 3 is 2.88 bits per heavy atom. The van der Waals surface area contributed by atoms with Crippen LogP contribution in [0.15, 0.2) is 23.6 Å².